The van der Waals surface area contributed by atoms with E-state index in [2.05, 4.69) is 15.9 Å². The molecule has 0 spiro atoms. The van der Waals surface area contributed by atoms with E-state index in [0.717, 1.165) is 17.5 Å². The summed E-state index contributed by atoms with van der Waals surface area (Å²) in [6.45, 7) is 1.41. The first-order valence-corrected chi connectivity index (χ1v) is 5.02. The van der Waals surface area contributed by atoms with Gasteiger partial charge in [-0.15, -0.1) is 0 Å². The van der Waals surface area contributed by atoms with Gasteiger partial charge in [-0.2, -0.15) is 0 Å². The summed E-state index contributed by atoms with van der Waals surface area (Å²) in [6.07, 6.45) is 2.74. The molecule has 2 rings (SSSR count). The highest BCUT2D eigenvalue weighted by Gasteiger charge is 2.17. The zero-order valence-corrected chi connectivity index (χ0v) is 8.66. The molecular weight excluding hydrogens is 234 g/mol. The average Bonchev–Trinajstić information content (AvgIpc) is 2.56. The molecule has 2 heterocycles. The van der Waals surface area contributed by atoms with Crippen LogP contribution in [0.15, 0.2) is 27.6 Å². The van der Waals surface area contributed by atoms with Crippen molar-refractivity contribution >= 4 is 15.9 Å². The lowest BCUT2D eigenvalue weighted by Crippen LogP contribution is -2.23. The van der Waals surface area contributed by atoms with Crippen LogP contribution in [0, 0.1) is 0 Å². The Balaban J connectivity index is 2.34. The summed E-state index contributed by atoms with van der Waals surface area (Å²) in [5.74, 6) is 0. The Morgan fingerprint density at radius 1 is 1.62 bits per heavy atom. The summed E-state index contributed by atoms with van der Waals surface area (Å²) in [5.41, 5.74) is 0.0323. The molecule has 1 saturated heterocycles. The summed E-state index contributed by atoms with van der Waals surface area (Å²) >= 11 is 3.26. The van der Waals surface area contributed by atoms with E-state index in [-0.39, 0.29) is 11.6 Å². The van der Waals surface area contributed by atoms with Crippen LogP contribution in [-0.2, 0) is 4.74 Å². The largest absolute Gasteiger partial charge is 0.379 e. The Morgan fingerprint density at radius 3 is 3.08 bits per heavy atom. The van der Waals surface area contributed by atoms with Gasteiger partial charge in [-0.25, -0.2) is 0 Å². The van der Waals surface area contributed by atoms with Gasteiger partial charge in [-0.3, -0.25) is 4.79 Å². The Labute approximate surface area is 84.5 Å². The number of hydrogen-bond acceptors (Lipinski definition) is 2. The zero-order valence-electron chi connectivity index (χ0n) is 7.07. The minimum absolute atomic E-state index is 0.0323. The second-order valence-corrected chi connectivity index (χ2v) is 4.02. The van der Waals surface area contributed by atoms with E-state index in [1.807, 2.05) is 12.3 Å². The van der Waals surface area contributed by atoms with E-state index in [1.165, 1.54) is 0 Å². The highest BCUT2D eigenvalue weighted by Crippen LogP contribution is 2.17. The molecule has 4 heteroatoms. The van der Waals surface area contributed by atoms with Gasteiger partial charge in [-0.05, 0) is 12.5 Å². The molecule has 70 valence electrons. The fraction of sp³-hybridized carbons (Fsp3) is 0.444. The molecule has 1 unspecified atom stereocenters. The monoisotopic (exact) mass is 243 g/mol. The summed E-state index contributed by atoms with van der Waals surface area (Å²) in [7, 11) is 0. The van der Waals surface area contributed by atoms with Crippen LogP contribution < -0.4 is 5.56 Å². The molecule has 1 atom stereocenters. The van der Waals surface area contributed by atoms with Crippen LogP contribution in [0.2, 0.25) is 0 Å². The van der Waals surface area contributed by atoms with Crippen LogP contribution in [0.4, 0.5) is 0 Å². The number of pyridine rings is 1. The van der Waals surface area contributed by atoms with Gasteiger partial charge < -0.3 is 9.30 Å². The Bertz CT molecular complexity index is 355. The van der Waals surface area contributed by atoms with Crippen LogP contribution in [0.1, 0.15) is 12.5 Å². The number of rotatable bonds is 1. The highest BCUT2D eigenvalue weighted by molar-refractivity contribution is 9.10. The van der Waals surface area contributed by atoms with Crippen LogP contribution in [0.3, 0.4) is 0 Å². The van der Waals surface area contributed by atoms with Crippen molar-refractivity contribution < 1.29 is 4.74 Å². The Morgan fingerprint density at radius 2 is 2.46 bits per heavy atom. The van der Waals surface area contributed by atoms with Crippen molar-refractivity contribution in [3.8, 4) is 0 Å². The van der Waals surface area contributed by atoms with Gasteiger partial charge in [0.2, 0.25) is 0 Å². The molecule has 1 fully saturated rings. The second-order valence-electron chi connectivity index (χ2n) is 3.11. The SMILES string of the molecule is O=c1cc(Br)ccn1C1CCOC1. The minimum Gasteiger partial charge on any atom is -0.379 e. The smallest absolute Gasteiger partial charge is 0.251 e. The van der Waals surface area contributed by atoms with Crippen molar-refractivity contribution in [3.05, 3.63) is 33.2 Å². The first kappa shape index (κ1) is 8.97. The van der Waals surface area contributed by atoms with E-state index in [0.29, 0.717) is 6.61 Å². The standard InChI is InChI=1S/C9H10BrNO2/c10-7-1-3-11(9(12)5-7)8-2-4-13-6-8/h1,3,5,8H,2,4,6H2. The number of hydrogen-bond donors (Lipinski definition) is 0. The minimum atomic E-state index is 0.0323. The molecule has 13 heavy (non-hydrogen) atoms. The van der Waals surface area contributed by atoms with Gasteiger partial charge in [0.05, 0.1) is 12.6 Å². The van der Waals surface area contributed by atoms with E-state index >= 15 is 0 Å². The van der Waals surface area contributed by atoms with Gasteiger partial charge in [-0.1, -0.05) is 15.9 Å². The molecule has 0 aromatic carbocycles. The first-order valence-electron chi connectivity index (χ1n) is 4.23. The summed E-state index contributed by atoms with van der Waals surface area (Å²) < 4.78 is 7.79. The molecule has 1 aromatic rings. The Kier molecular flexibility index (Phi) is 2.51. The van der Waals surface area contributed by atoms with Gasteiger partial charge in [0.25, 0.3) is 5.56 Å². The van der Waals surface area contributed by atoms with Crippen LogP contribution >= 0.6 is 15.9 Å². The fourth-order valence-corrected chi connectivity index (χ4v) is 1.82. The maximum Gasteiger partial charge on any atom is 0.251 e. The van der Waals surface area contributed by atoms with Crippen LogP contribution in [-0.4, -0.2) is 17.8 Å². The molecule has 3 nitrogen and oxygen atoms in total. The summed E-state index contributed by atoms with van der Waals surface area (Å²) in [4.78, 5) is 11.5. The van der Waals surface area contributed by atoms with Crippen LogP contribution in [0.5, 0.6) is 0 Å². The molecular formula is C9H10BrNO2. The van der Waals surface area contributed by atoms with Crippen molar-refractivity contribution in [2.45, 2.75) is 12.5 Å². The van der Waals surface area contributed by atoms with Gasteiger partial charge >= 0.3 is 0 Å². The molecule has 1 aromatic heterocycles. The lowest BCUT2D eigenvalue weighted by molar-refractivity contribution is 0.186. The molecule has 0 saturated carbocycles. The Hall–Kier alpha value is -0.610. The molecule has 1 aliphatic heterocycles. The second kappa shape index (κ2) is 3.64. The van der Waals surface area contributed by atoms with Gasteiger partial charge in [0.1, 0.15) is 0 Å². The van der Waals surface area contributed by atoms with E-state index in [4.69, 9.17) is 4.74 Å². The lowest BCUT2D eigenvalue weighted by atomic mass is 10.2. The van der Waals surface area contributed by atoms with Crippen molar-refractivity contribution in [2.75, 3.05) is 13.2 Å². The third-order valence-corrected chi connectivity index (χ3v) is 2.70. The van der Waals surface area contributed by atoms with Gasteiger partial charge in [0, 0.05) is 23.3 Å². The normalized spacial score (nSPS) is 22.1. The van der Waals surface area contributed by atoms with E-state index < -0.39 is 0 Å². The maximum atomic E-state index is 11.5. The number of aromatic nitrogens is 1. The molecule has 0 radical (unpaired) electrons. The summed E-state index contributed by atoms with van der Waals surface area (Å²) in [6, 6.07) is 3.68. The zero-order chi connectivity index (χ0) is 9.26. The average molecular weight is 244 g/mol. The van der Waals surface area contributed by atoms with E-state index in [1.54, 1.807) is 10.6 Å². The molecule has 1 aliphatic rings. The first-order chi connectivity index (χ1) is 6.27. The van der Waals surface area contributed by atoms with Crippen LogP contribution in [0.25, 0.3) is 0 Å². The topological polar surface area (TPSA) is 31.2 Å². The van der Waals surface area contributed by atoms with Crippen molar-refractivity contribution in [3.63, 3.8) is 0 Å². The van der Waals surface area contributed by atoms with Gasteiger partial charge in [0.15, 0.2) is 0 Å². The molecule has 0 amide bonds. The number of halogens is 1. The lowest BCUT2D eigenvalue weighted by Gasteiger charge is -2.10. The molecule has 0 aliphatic carbocycles. The highest BCUT2D eigenvalue weighted by atomic mass is 79.9. The summed E-state index contributed by atoms with van der Waals surface area (Å²) in [5, 5.41) is 0. The quantitative estimate of drug-likeness (QED) is 0.750. The predicted octanol–water partition coefficient (Wildman–Crippen LogP) is 1.57. The van der Waals surface area contributed by atoms with Crippen molar-refractivity contribution in [1.29, 1.82) is 0 Å². The molecule has 0 N–H and O–H groups in total. The fourth-order valence-electron chi connectivity index (χ4n) is 1.51. The predicted molar refractivity (Wildman–Crippen MR) is 52.9 cm³/mol. The maximum absolute atomic E-state index is 11.5. The third kappa shape index (κ3) is 1.84. The number of ether oxygens (including phenoxy) is 1. The third-order valence-electron chi connectivity index (χ3n) is 2.21. The number of nitrogens with zero attached hydrogens (tertiary/aromatic N) is 1. The van der Waals surface area contributed by atoms with Crippen molar-refractivity contribution in [1.82, 2.24) is 4.57 Å². The van der Waals surface area contributed by atoms with E-state index in [9.17, 15) is 4.79 Å². The van der Waals surface area contributed by atoms with Crippen molar-refractivity contribution in [2.24, 2.45) is 0 Å². The molecule has 0 bridgehead atoms.